The second-order valence-electron chi connectivity index (χ2n) is 7.34. The van der Waals surface area contributed by atoms with Crippen molar-refractivity contribution in [2.75, 3.05) is 13.1 Å². The second kappa shape index (κ2) is 5.82. The van der Waals surface area contributed by atoms with Gasteiger partial charge < -0.3 is 15.0 Å². The maximum Gasteiger partial charge on any atom is 0.317 e. The highest BCUT2D eigenvalue weighted by Gasteiger charge is 2.53. The van der Waals surface area contributed by atoms with Crippen LogP contribution in [0.25, 0.3) is 0 Å². The Bertz CT molecular complexity index is 568. The molecule has 4 rings (SSSR count). The van der Waals surface area contributed by atoms with Gasteiger partial charge in [0.1, 0.15) is 0 Å². The first kappa shape index (κ1) is 15.0. The minimum absolute atomic E-state index is 0.0891. The summed E-state index contributed by atoms with van der Waals surface area (Å²) in [6.45, 7) is 5.93. The molecule has 2 bridgehead atoms. The zero-order chi connectivity index (χ0) is 16.0. The molecule has 3 aliphatic heterocycles. The van der Waals surface area contributed by atoms with Crippen molar-refractivity contribution in [3.63, 3.8) is 0 Å². The number of benzene rings is 1. The SMILES string of the molecule is CC[C@H](NC(=O)N1C[C@@H]2[C@@H](C1)[C@H]1CC[C@H]2O1)c1ccc(C)cc1. The standard InChI is InChI=1S/C19H26N2O2/c1-3-16(13-6-4-12(2)5-7-13)20-19(22)21-10-14-15(11-21)18-9-8-17(14)23-18/h4-7,14-18H,3,8-11H2,1-2H3,(H,20,22)/t14-,15-,16+,17-,18-/m1/s1. The Kier molecular flexibility index (Phi) is 3.80. The molecule has 3 aliphatic rings. The average molecular weight is 314 g/mol. The van der Waals surface area contributed by atoms with E-state index in [0.29, 0.717) is 24.0 Å². The van der Waals surface area contributed by atoms with Gasteiger partial charge in [-0.3, -0.25) is 0 Å². The van der Waals surface area contributed by atoms with E-state index < -0.39 is 0 Å². The number of amides is 2. The molecular formula is C19H26N2O2. The molecule has 0 unspecified atom stereocenters. The summed E-state index contributed by atoms with van der Waals surface area (Å²) in [4.78, 5) is 14.7. The largest absolute Gasteiger partial charge is 0.374 e. The number of rotatable bonds is 3. The van der Waals surface area contributed by atoms with Crippen LogP contribution in [-0.2, 0) is 4.74 Å². The highest BCUT2D eigenvalue weighted by atomic mass is 16.5. The minimum Gasteiger partial charge on any atom is -0.374 e. The number of nitrogens with one attached hydrogen (secondary N) is 1. The van der Waals surface area contributed by atoms with Gasteiger partial charge in [-0.05, 0) is 31.7 Å². The van der Waals surface area contributed by atoms with E-state index in [9.17, 15) is 4.79 Å². The number of carbonyl (C=O) groups excluding carboxylic acids is 1. The third-order valence-corrected chi connectivity index (χ3v) is 5.93. The fourth-order valence-corrected chi connectivity index (χ4v) is 4.59. The lowest BCUT2D eigenvalue weighted by Crippen LogP contribution is -2.41. The number of aryl methyl sites for hydroxylation is 1. The van der Waals surface area contributed by atoms with Gasteiger partial charge in [0.2, 0.25) is 0 Å². The molecule has 0 saturated carbocycles. The predicted octanol–water partition coefficient (Wildman–Crippen LogP) is 3.26. The predicted molar refractivity (Wildman–Crippen MR) is 89.2 cm³/mol. The summed E-state index contributed by atoms with van der Waals surface area (Å²) in [6, 6.07) is 8.65. The van der Waals surface area contributed by atoms with Gasteiger partial charge in [0.05, 0.1) is 18.2 Å². The molecule has 4 nitrogen and oxygen atoms in total. The van der Waals surface area contributed by atoms with Crippen molar-refractivity contribution in [1.29, 1.82) is 0 Å². The van der Waals surface area contributed by atoms with Crippen molar-refractivity contribution in [3.8, 4) is 0 Å². The Labute approximate surface area is 138 Å². The molecule has 0 aromatic heterocycles. The van der Waals surface area contributed by atoms with Crippen molar-refractivity contribution < 1.29 is 9.53 Å². The molecule has 0 radical (unpaired) electrons. The lowest BCUT2D eigenvalue weighted by atomic mass is 9.82. The van der Waals surface area contributed by atoms with Crippen molar-refractivity contribution >= 4 is 6.03 Å². The topological polar surface area (TPSA) is 41.6 Å². The zero-order valence-electron chi connectivity index (χ0n) is 14.0. The summed E-state index contributed by atoms with van der Waals surface area (Å²) in [5, 5.41) is 3.23. The monoisotopic (exact) mass is 314 g/mol. The maximum atomic E-state index is 12.7. The molecule has 1 N–H and O–H groups in total. The fourth-order valence-electron chi connectivity index (χ4n) is 4.59. The van der Waals surface area contributed by atoms with Gasteiger partial charge in [-0.25, -0.2) is 4.79 Å². The van der Waals surface area contributed by atoms with E-state index >= 15 is 0 Å². The van der Waals surface area contributed by atoms with Crippen LogP contribution in [0.1, 0.15) is 43.4 Å². The van der Waals surface area contributed by atoms with Gasteiger partial charge in [-0.15, -0.1) is 0 Å². The van der Waals surface area contributed by atoms with Crippen LogP contribution in [0.15, 0.2) is 24.3 Å². The van der Waals surface area contributed by atoms with Crippen LogP contribution in [0.3, 0.4) is 0 Å². The lowest BCUT2D eigenvalue weighted by molar-refractivity contribution is 0.0737. The molecule has 1 aromatic carbocycles. The van der Waals surface area contributed by atoms with Crippen LogP contribution >= 0.6 is 0 Å². The maximum absolute atomic E-state index is 12.7. The molecule has 4 heteroatoms. The Hall–Kier alpha value is -1.55. The molecule has 3 fully saturated rings. The van der Waals surface area contributed by atoms with Crippen LogP contribution in [0.4, 0.5) is 4.79 Å². The summed E-state index contributed by atoms with van der Waals surface area (Å²) in [5.41, 5.74) is 2.44. The highest BCUT2D eigenvalue weighted by Crippen LogP contribution is 2.47. The van der Waals surface area contributed by atoms with E-state index in [0.717, 1.165) is 19.5 Å². The molecule has 5 atom stereocenters. The molecule has 0 aliphatic carbocycles. The molecule has 124 valence electrons. The number of hydrogen-bond donors (Lipinski definition) is 1. The summed E-state index contributed by atoms with van der Waals surface area (Å²) >= 11 is 0. The Balaban J connectivity index is 1.40. The molecule has 3 saturated heterocycles. The minimum atomic E-state index is 0.0891. The van der Waals surface area contributed by atoms with E-state index in [-0.39, 0.29) is 12.1 Å². The number of carbonyl (C=O) groups is 1. The third kappa shape index (κ3) is 2.63. The fraction of sp³-hybridized carbons (Fsp3) is 0.632. The Morgan fingerprint density at radius 3 is 2.39 bits per heavy atom. The molecule has 2 amide bonds. The number of nitrogens with zero attached hydrogens (tertiary/aromatic N) is 1. The van der Waals surface area contributed by atoms with Crippen LogP contribution in [0, 0.1) is 18.8 Å². The van der Waals surface area contributed by atoms with Gasteiger partial charge in [0.15, 0.2) is 0 Å². The summed E-state index contributed by atoms with van der Waals surface area (Å²) < 4.78 is 5.99. The highest BCUT2D eigenvalue weighted by molar-refractivity contribution is 5.75. The quantitative estimate of drug-likeness (QED) is 0.930. The zero-order valence-corrected chi connectivity index (χ0v) is 14.0. The van der Waals surface area contributed by atoms with Gasteiger partial charge in [-0.1, -0.05) is 36.8 Å². The van der Waals surface area contributed by atoms with Crippen molar-refractivity contribution in [2.45, 2.75) is 51.4 Å². The van der Waals surface area contributed by atoms with Gasteiger partial charge in [0, 0.05) is 24.9 Å². The molecule has 3 heterocycles. The first-order chi connectivity index (χ1) is 11.2. The Morgan fingerprint density at radius 2 is 1.83 bits per heavy atom. The molecule has 23 heavy (non-hydrogen) atoms. The number of urea groups is 1. The van der Waals surface area contributed by atoms with Crippen molar-refractivity contribution in [1.82, 2.24) is 10.2 Å². The van der Waals surface area contributed by atoms with E-state index in [4.69, 9.17) is 4.74 Å². The molecule has 0 spiro atoms. The summed E-state index contributed by atoms with van der Waals surface area (Å²) in [6.07, 6.45) is 4.08. The van der Waals surface area contributed by atoms with Crippen LogP contribution in [-0.4, -0.2) is 36.2 Å². The normalized spacial score (nSPS) is 32.9. The number of likely N-dealkylation sites (tertiary alicyclic amines) is 1. The van der Waals surface area contributed by atoms with E-state index in [1.54, 1.807) is 0 Å². The molecular weight excluding hydrogens is 288 g/mol. The number of hydrogen-bond acceptors (Lipinski definition) is 2. The second-order valence-corrected chi connectivity index (χ2v) is 7.34. The first-order valence-electron chi connectivity index (χ1n) is 8.93. The average Bonchev–Trinajstić information content (AvgIpc) is 3.25. The summed E-state index contributed by atoms with van der Waals surface area (Å²) in [7, 11) is 0. The van der Waals surface area contributed by atoms with E-state index in [2.05, 4.69) is 43.4 Å². The van der Waals surface area contributed by atoms with E-state index in [1.807, 2.05) is 4.90 Å². The third-order valence-electron chi connectivity index (χ3n) is 5.93. The van der Waals surface area contributed by atoms with Crippen molar-refractivity contribution in [3.05, 3.63) is 35.4 Å². The van der Waals surface area contributed by atoms with Crippen LogP contribution < -0.4 is 5.32 Å². The first-order valence-corrected chi connectivity index (χ1v) is 8.93. The molecule has 1 aromatic rings. The number of fused-ring (bicyclic) bond motifs is 5. The summed E-state index contributed by atoms with van der Waals surface area (Å²) in [5.74, 6) is 1.14. The van der Waals surface area contributed by atoms with Gasteiger partial charge in [0.25, 0.3) is 0 Å². The van der Waals surface area contributed by atoms with Crippen molar-refractivity contribution in [2.24, 2.45) is 11.8 Å². The van der Waals surface area contributed by atoms with Gasteiger partial charge >= 0.3 is 6.03 Å². The van der Waals surface area contributed by atoms with E-state index in [1.165, 1.54) is 24.0 Å². The Morgan fingerprint density at radius 1 is 1.22 bits per heavy atom. The van der Waals surface area contributed by atoms with Crippen LogP contribution in [0.5, 0.6) is 0 Å². The lowest BCUT2D eigenvalue weighted by Gasteiger charge is -2.24. The van der Waals surface area contributed by atoms with Gasteiger partial charge in [-0.2, -0.15) is 0 Å². The number of ether oxygens (including phenoxy) is 1. The smallest absolute Gasteiger partial charge is 0.317 e. The van der Waals surface area contributed by atoms with Crippen LogP contribution in [0.2, 0.25) is 0 Å².